The molecule has 1 aliphatic heterocycles. The highest BCUT2D eigenvalue weighted by Crippen LogP contribution is 2.27. The summed E-state index contributed by atoms with van der Waals surface area (Å²) in [5.41, 5.74) is 4.50. The Labute approximate surface area is 174 Å². The number of anilines is 3. The molecule has 0 saturated carbocycles. The van der Waals surface area contributed by atoms with Crippen molar-refractivity contribution in [2.75, 3.05) is 61.5 Å². The maximum atomic E-state index is 12.7. The van der Waals surface area contributed by atoms with Gasteiger partial charge in [0.2, 0.25) is 0 Å². The molecule has 1 N–H and O–H groups in total. The minimum absolute atomic E-state index is 0.0808. The number of hydrogen-bond acceptors (Lipinski definition) is 4. The van der Waals surface area contributed by atoms with Crippen molar-refractivity contribution in [1.29, 1.82) is 0 Å². The number of nitrogens with one attached hydrogen (secondary N) is 1. The van der Waals surface area contributed by atoms with Gasteiger partial charge in [-0.15, -0.1) is 0 Å². The summed E-state index contributed by atoms with van der Waals surface area (Å²) in [6.07, 6.45) is 0. The molecule has 0 unspecified atom stereocenters. The molecule has 2 aromatic rings. The molecule has 6 heteroatoms. The first-order chi connectivity index (χ1) is 14.1. The highest BCUT2D eigenvalue weighted by atomic mass is 16.5. The van der Waals surface area contributed by atoms with Crippen LogP contribution in [0.25, 0.3) is 0 Å². The molecule has 1 heterocycles. The molecule has 29 heavy (non-hydrogen) atoms. The Morgan fingerprint density at radius 3 is 2.38 bits per heavy atom. The predicted molar refractivity (Wildman–Crippen MR) is 121 cm³/mol. The quantitative estimate of drug-likeness (QED) is 0.795. The van der Waals surface area contributed by atoms with Crippen molar-refractivity contribution in [3.8, 4) is 5.75 Å². The lowest BCUT2D eigenvalue weighted by atomic mass is 10.1. The van der Waals surface area contributed by atoms with Gasteiger partial charge in [0.05, 0.1) is 12.8 Å². The number of methoxy groups -OCH3 is 1. The van der Waals surface area contributed by atoms with Gasteiger partial charge in [0.15, 0.2) is 0 Å². The number of carbonyl (C=O) groups is 1. The molecule has 156 valence electrons. The van der Waals surface area contributed by atoms with E-state index in [1.807, 2.05) is 29.2 Å². The molecule has 0 aromatic heterocycles. The molecule has 1 aliphatic rings. The minimum atomic E-state index is -0.0808. The van der Waals surface area contributed by atoms with Gasteiger partial charge < -0.3 is 24.8 Å². The van der Waals surface area contributed by atoms with Crippen LogP contribution in [0.1, 0.15) is 19.4 Å². The van der Waals surface area contributed by atoms with Gasteiger partial charge in [-0.05, 0) is 56.7 Å². The molecule has 6 nitrogen and oxygen atoms in total. The van der Waals surface area contributed by atoms with Crippen LogP contribution in [-0.4, -0.2) is 57.3 Å². The predicted octanol–water partition coefficient (Wildman–Crippen LogP) is 4.20. The zero-order chi connectivity index (χ0) is 20.8. The summed E-state index contributed by atoms with van der Waals surface area (Å²) in [4.78, 5) is 19.3. The van der Waals surface area contributed by atoms with Crippen LogP contribution in [0, 0.1) is 6.92 Å². The van der Waals surface area contributed by atoms with Crippen LogP contribution in [0.5, 0.6) is 5.75 Å². The molecule has 2 amide bonds. The van der Waals surface area contributed by atoms with Gasteiger partial charge in [0, 0.05) is 50.6 Å². The second kappa shape index (κ2) is 9.54. The molecule has 2 aromatic carbocycles. The number of amides is 2. The van der Waals surface area contributed by atoms with E-state index in [2.05, 4.69) is 54.1 Å². The number of ether oxygens (including phenoxy) is 1. The fourth-order valence-electron chi connectivity index (χ4n) is 3.87. The van der Waals surface area contributed by atoms with Gasteiger partial charge in [-0.3, -0.25) is 0 Å². The lowest BCUT2D eigenvalue weighted by molar-refractivity contribution is 0.208. The third kappa shape index (κ3) is 4.75. The van der Waals surface area contributed by atoms with E-state index < -0.39 is 0 Å². The average Bonchev–Trinajstić information content (AvgIpc) is 2.75. The Morgan fingerprint density at radius 2 is 1.76 bits per heavy atom. The lowest BCUT2D eigenvalue weighted by Crippen LogP contribution is -2.50. The van der Waals surface area contributed by atoms with Gasteiger partial charge in [0.1, 0.15) is 5.75 Å². The Hall–Kier alpha value is -2.89. The van der Waals surface area contributed by atoms with E-state index in [4.69, 9.17) is 4.74 Å². The summed E-state index contributed by atoms with van der Waals surface area (Å²) in [6, 6.07) is 14.1. The molecule has 1 fully saturated rings. The zero-order valence-electron chi connectivity index (χ0n) is 17.9. The van der Waals surface area contributed by atoms with E-state index in [-0.39, 0.29) is 6.03 Å². The standard InChI is InChI=1S/C23H32N4O2/c1-5-25(6-2)19-11-12-21(18(3)17-19)26-13-15-27(16-14-26)23(28)24-20-9-7-8-10-22(20)29-4/h7-12,17H,5-6,13-16H2,1-4H3,(H,24,28). The molecular weight excluding hydrogens is 364 g/mol. The third-order valence-electron chi connectivity index (χ3n) is 5.57. The largest absolute Gasteiger partial charge is 0.495 e. The first kappa shape index (κ1) is 20.8. The van der Waals surface area contributed by atoms with Gasteiger partial charge in [-0.1, -0.05) is 12.1 Å². The van der Waals surface area contributed by atoms with Crippen molar-refractivity contribution in [2.24, 2.45) is 0 Å². The number of nitrogens with zero attached hydrogens (tertiary/aromatic N) is 3. The van der Waals surface area contributed by atoms with E-state index in [9.17, 15) is 4.79 Å². The van der Waals surface area contributed by atoms with Crippen molar-refractivity contribution < 1.29 is 9.53 Å². The van der Waals surface area contributed by atoms with Gasteiger partial charge in [0.25, 0.3) is 0 Å². The smallest absolute Gasteiger partial charge is 0.322 e. The van der Waals surface area contributed by atoms with Gasteiger partial charge in [-0.2, -0.15) is 0 Å². The van der Waals surface area contributed by atoms with Crippen LogP contribution in [0.3, 0.4) is 0 Å². The van der Waals surface area contributed by atoms with Crippen LogP contribution in [-0.2, 0) is 0 Å². The number of benzene rings is 2. The van der Waals surface area contributed by atoms with Crippen molar-refractivity contribution in [3.05, 3.63) is 48.0 Å². The summed E-state index contributed by atoms with van der Waals surface area (Å²) < 4.78 is 5.32. The van der Waals surface area contributed by atoms with E-state index >= 15 is 0 Å². The number of aryl methyl sites for hydroxylation is 1. The molecule has 0 bridgehead atoms. The number of piperazine rings is 1. The minimum Gasteiger partial charge on any atom is -0.495 e. The Balaban J connectivity index is 1.61. The van der Waals surface area contributed by atoms with Crippen molar-refractivity contribution in [2.45, 2.75) is 20.8 Å². The Kier molecular flexibility index (Phi) is 6.86. The highest BCUT2D eigenvalue weighted by Gasteiger charge is 2.23. The zero-order valence-corrected chi connectivity index (χ0v) is 17.9. The Bertz CT molecular complexity index is 827. The van der Waals surface area contributed by atoms with E-state index in [1.54, 1.807) is 7.11 Å². The van der Waals surface area contributed by atoms with Crippen molar-refractivity contribution in [1.82, 2.24) is 4.90 Å². The maximum Gasteiger partial charge on any atom is 0.322 e. The normalized spacial score (nSPS) is 13.9. The number of para-hydroxylation sites is 2. The fourth-order valence-corrected chi connectivity index (χ4v) is 3.87. The number of rotatable bonds is 6. The number of carbonyl (C=O) groups excluding carboxylic acids is 1. The fraction of sp³-hybridized carbons (Fsp3) is 0.435. The molecule has 3 rings (SSSR count). The van der Waals surface area contributed by atoms with Crippen LogP contribution in [0.15, 0.2) is 42.5 Å². The van der Waals surface area contributed by atoms with E-state index in [1.165, 1.54) is 16.9 Å². The monoisotopic (exact) mass is 396 g/mol. The summed E-state index contributed by atoms with van der Waals surface area (Å²) >= 11 is 0. The summed E-state index contributed by atoms with van der Waals surface area (Å²) in [7, 11) is 1.61. The number of hydrogen-bond donors (Lipinski definition) is 1. The average molecular weight is 397 g/mol. The van der Waals surface area contributed by atoms with Crippen molar-refractivity contribution in [3.63, 3.8) is 0 Å². The first-order valence-electron chi connectivity index (χ1n) is 10.4. The van der Waals surface area contributed by atoms with Crippen LogP contribution >= 0.6 is 0 Å². The number of urea groups is 1. The van der Waals surface area contributed by atoms with E-state index in [0.717, 1.165) is 26.2 Å². The molecular formula is C23H32N4O2. The topological polar surface area (TPSA) is 48.0 Å². The van der Waals surface area contributed by atoms with Crippen LogP contribution in [0.4, 0.5) is 21.9 Å². The van der Waals surface area contributed by atoms with Gasteiger partial charge in [-0.25, -0.2) is 4.79 Å². The van der Waals surface area contributed by atoms with Crippen LogP contribution < -0.4 is 19.9 Å². The SMILES string of the molecule is CCN(CC)c1ccc(N2CCN(C(=O)Nc3ccccc3OC)CC2)c(C)c1. The van der Waals surface area contributed by atoms with Gasteiger partial charge >= 0.3 is 6.03 Å². The lowest BCUT2D eigenvalue weighted by Gasteiger charge is -2.37. The Morgan fingerprint density at radius 1 is 1.07 bits per heavy atom. The molecule has 0 aliphatic carbocycles. The molecule has 1 saturated heterocycles. The maximum absolute atomic E-state index is 12.7. The second-order valence-electron chi connectivity index (χ2n) is 7.25. The van der Waals surface area contributed by atoms with E-state index in [0.29, 0.717) is 24.5 Å². The summed E-state index contributed by atoms with van der Waals surface area (Å²) in [5, 5.41) is 2.97. The third-order valence-corrected chi connectivity index (χ3v) is 5.57. The molecule has 0 atom stereocenters. The summed E-state index contributed by atoms with van der Waals surface area (Å²) in [6.45, 7) is 11.6. The second-order valence-corrected chi connectivity index (χ2v) is 7.25. The van der Waals surface area contributed by atoms with Crippen LogP contribution in [0.2, 0.25) is 0 Å². The molecule has 0 radical (unpaired) electrons. The van der Waals surface area contributed by atoms with Crippen molar-refractivity contribution >= 4 is 23.1 Å². The highest BCUT2D eigenvalue weighted by molar-refractivity contribution is 5.91. The summed E-state index contributed by atoms with van der Waals surface area (Å²) in [5.74, 6) is 0.670. The first-order valence-corrected chi connectivity index (χ1v) is 10.4. The molecule has 0 spiro atoms.